The molecule has 1 saturated carbocycles. The van der Waals surface area contributed by atoms with Crippen molar-refractivity contribution in [2.45, 2.75) is 44.9 Å². The molecule has 1 fully saturated rings. The molecular weight excluding hydrogens is 206 g/mol. The van der Waals surface area contributed by atoms with Crippen LogP contribution in [0.4, 0.5) is 0 Å². The molecule has 1 aromatic carbocycles. The minimum atomic E-state index is 0.776. The van der Waals surface area contributed by atoms with E-state index < -0.39 is 0 Å². The van der Waals surface area contributed by atoms with Crippen LogP contribution in [0.25, 0.3) is 0 Å². The molecule has 0 aromatic heterocycles. The third kappa shape index (κ3) is 3.57. The lowest BCUT2D eigenvalue weighted by atomic mass is 9.82. The molecule has 2 unspecified atom stereocenters. The molecule has 0 bridgehead atoms. The van der Waals surface area contributed by atoms with Gasteiger partial charge in [-0.25, -0.2) is 0 Å². The van der Waals surface area contributed by atoms with Gasteiger partial charge in [0, 0.05) is 0 Å². The third-order valence-corrected chi connectivity index (χ3v) is 4.04. The van der Waals surface area contributed by atoms with Crippen LogP contribution in [0, 0.1) is 5.92 Å². The molecule has 1 heteroatoms. The molecule has 2 atom stereocenters. The monoisotopic (exact) mass is 231 g/mol. The first-order valence-corrected chi connectivity index (χ1v) is 7.17. The van der Waals surface area contributed by atoms with Gasteiger partial charge in [0.15, 0.2) is 0 Å². The summed E-state index contributed by atoms with van der Waals surface area (Å²) in [7, 11) is 0. The molecule has 0 heterocycles. The van der Waals surface area contributed by atoms with Crippen LogP contribution in [0.15, 0.2) is 30.3 Å². The average molecular weight is 231 g/mol. The number of hydrogen-bond acceptors (Lipinski definition) is 1. The highest BCUT2D eigenvalue weighted by Gasteiger charge is 2.24. The number of nitrogens with one attached hydrogen (secondary N) is 1. The molecule has 1 aliphatic carbocycles. The van der Waals surface area contributed by atoms with Gasteiger partial charge in [0.05, 0.1) is 0 Å². The van der Waals surface area contributed by atoms with E-state index in [4.69, 9.17) is 0 Å². The van der Waals surface area contributed by atoms with Crippen molar-refractivity contribution in [1.29, 1.82) is 0 Å². The summed E-state index contributed by atoms with van der Waals surface area (Å²) >= 11 is 0. The Kier molecular flexibility index (Phi) is 5.06. The van der Waals surface area contributed by atoms with Gasteiger partial charge in [-0.15, -0.1) is 0 Å². The first-order valence-electron chi connectivity index (χ1n) is 7.17. The maximum atomic E-state index is 3.55. The van der Waals surface area contributed by atoms with E-state index in [-0.39, 0.29) is 0 Å². The van der Waals surface area contributed by atoms with Crippen LogP contribution in [0.1, 0.15) is 50.5 Å². The topological polar surface area (TPSA) is 12.0 Å². The van der Waals surface area contributed by atoms with Crippen molar-refractivity contribution in [3.8, 4) is 0 Å². The smallest absolute Gasteiger partial charge is 0.00148 e. The van der Waals surface area contributed by atoms with Crippen LogP contribution in [0.2, 0.25) is 0 Å². The van der Waals surface area contributed by atoms with E-state index in [2.05, 4.69) is 42.6 Å². The van der Waals surface area contributed by atoms with Crippen LogP contribution in [-0.2, 0) is 0 Å². The summed E-state index contributed by atoms with van der Waals surface area (Å²) in [5.41, 5.74) is 1.55. The van der Waals surface area contributed by atoms with Crippen molar-refractivity contribution in [2.75, 3.05) is 13.1 Å². The van der Waals surface area contributed by atoms with Gasteiger partial charge >= 0.3 is 0 Å². The molecule has 1 nitrogen and oxygen atoms in total. The first kappa shape index (κ1) is 12.6. The lowest BCUT2D eigenvalue weighted by Crippen LogP contribution is -2.26. The molecule has 1 aliphatic rings. The highest BCUT2D eigenvalue weighted by molar-refractivity contribution is 5.20. The SMILES string of the molecule is CCNCC1CCCCCC1c1ccccc1. The van der Waals surface area contributed by atoms with Crippen molar-refractivity contribution < 1.29 is 0 Å². The van der Waals surface area contributed by atoms with Crippen LogP contribution in [0.5, 0.6) is 0 Å². The molecule has 1 aromatic rings. The fraction of sp³-hybridized carbons (Fsp3) is 0.625. The Morgan fingerprint density at radius 1 is 1.06 bits per heavy atom. The van der Waals surface area contributed by atoms with Crippen LogP contribution in [0.3, 0.4) is 0 Å². The molecule has 1 N–H and O–H groups in total. The molecule has 2 rings (SSSR count). The predicted octanol–water partition coefficient (Wildman–Crippen LogP) is 3.96. The molecule has 0 radical (unpaired) electrons. The van der Waals surface area contributed by atoms with Gasteiger partial charge in [-0.2, -0.15) is 0 Å². The molecule has 17 heavy (non-hydrogen) atoms. The Morgan fingerprint density at radius 2 is 1.82 bits per heavy atom. The molecule has 94 valence electrons. The lowest BCUT2D eigenvalue weighted by molar-refractivity contribution is 0.379. The fourth-order valence-electron chi connectivity index (χ4n) is 3.10. The van der Waals surface area contributed by atoms with Gasteiger partial charge in [0.25, 0.3) is 0 Å². The second-order valence-electron chi connectivity index (χ2n) is 5.22. The standard InChI is InChI=1S/C16H25N/c1-2-17-13-15-11-7-4-8-12-16(15)14-9-5-3-6-10-14/h3,5-6,9-10,15-17H,2,4,7-8,11-13H2,1H3. The van der Waals surface area contributed by atoms with Gasteiger partial charge in [0.1, 0.15) is 0 Å². The summed E-state index contributed by atoms with van der Waals surface area (Å²) in [5, 5.41) is 3.55. The second kappa shape index (κ2) is 6.80. The Labute approximate surface area is 106 Å². The van der Waals surface area contributed by atoms with Crippen molar-refractivity contribution >= 4 is 0 Å². The van der Waals surface area contributed by atoms with E-state index in [0.29, 0.717) is 0 Å². The maximum Gasteiger partial charge on any atom is -0.00148 e. The first-order chi connectivity index (χ1) is 8.42. The fourth-order valence-corrected chi connectivity index (χ4v) is 3.10. The second-order valence-corrected chi connectivity index (χ2v) is 5.22. The zero-order valence-electron chi connectivity index (χ0n) is 11.0. The summed E-state index contributed by atoms with van der Waals surface area (Å²) in [6.45, 7) is 4.49. The summed E-state index contributed by atoms with van der Waals surface area (Å²) < 4.78 is 0. The highest BCUT2D eigenvalue weighted by atomic mass is 14.8. The molecule has 0 saturated heterocycles. The highest BCUT2D eigenvalue weighted by Crippen LogP contribution is 2.36. The van der Waals surface area contributed by atoms with E-state index in [1.54, 1.807) is 5.56 Å². The average Bonchev–Trinajstić information content (AvgIpc) is 2.62. The van der Waals surface area contributed by atoms with E-state index in [1.165, 1.54) is 38.6 Å². The number of rotatable bonds is 4. The maximum absolute atomic E-state index is 3.55. The molecule has 0 amide bonds. The molecular formula is C16H25N. The number of benzene rings is 1. The van der Waals surface area contributed by atoms with E-state index in [9.17, 15) is 0 Å². The predicted molar refractivity (Wildman–Crippen MR) is 74.3 cm³/mol. The van der Waals surface area contributed by atoms with E-state index in [1.807, 2.05) is 0 Å². The van der Waals surface area contributed by atoms with Gasteiger partial charge in [-0.3, -0.25) is 0 Å². The van der Waals surface area contributed by atoms with Gasteiger partial charge in [-0.05, 0) is 43.3 Å². The van der Waals surface area contributed by atoms with Crippen molar-refractivity contribution in [3.05, 3.63) is 35.9 Å². The Morgan fingerprint density at radius 3 is 2.59 bits per heavy atom. The molecule has 0 aliphatic heterocycles. The van der Waals surface area contributed by atoms with Crippen LogP contribution >= 0.6 is 0 Å². The van der Waals surface area contributed by atoms with Gasteiger partial charge < -0.3 is 5.32 Å². The Hall–Kier alpha value is -0.820. The summed E-state index contributed by atoms with van der Waals surface area (Å²) in [4.78, 5) is 0. The van der Waals surface area contributed by atoms with Gasteiger partial charge in [0.2, 0.25) is 0 Å². The van der Waals surface area contributed by atoms with E-state index in [0.717, 1.165) is 18.4 Å². The number of hydrogen-bond donors (Lipinski definition) is 1. The normalized spacial score (nSPS) is 25.5. The van der Waals surface area contributed by atoms with Crippen molar-refractivity contribution in [2.24, 2.45) is 5.92 Å². The molecule has 0 spiro atoms. The van der Waals surface area contributed by atoms with E-state index >= 15 is 0 Å². The largest absolute Gasteiger partial charge is 0.317 e. The van der Waals surface area contributed by atoms with Crippen molar-refractivity contribution in [1.82, 2.24) is 5.32 Å². The summed E-state index contributed by atoms with van der Waals surface area (Å²) in [6.07, 6.45) is 7.01. The zero-order chi connectivity index (χ0) is 11.9. The zero-order valence-corrected chi connectivity index (χ0v) is 11.0. The summed E-state index contributed by atoms with van der Waals surface area (Å²) in [5.74, 6) is 1.61. The van der Waals surface area contributed by atoms with Gasteiger partial charge in [-0.1, -0.05) is 56.5 Å². The quantitative estimate of drug-likeness (QED) is 0.773. The minimum absolute atomic E-state index is 0.776. The Bertz CT molecular complexity index is 307. The van der Waals surface area contributed by atoms with Crippen LogP contribution in [-0.4, -0.2) is 13.1 Å². The third-order valence-electron chi connectivity index (χ3n) is 4.04. The van der Waals surface area contributed by atoms with Crippen molar-refractivity contribution in [3.63, 3.8) is 0 Å². The summed E-state index contributed by atoms with van der Waals surface area (Å²) in [6, 6.07) is 11.1. The lowest BCUT2D eigenvalue weighted by Gasteiger charge is -2.25. The minimum Gasteiger partial charge on any atom is -0.317 e. The van der Waals surface area contributed by atoms with Crippen LogP contribution < -0.4 is 5.32 Å². The Balaban J connectivity index is 2.08.